The SMILES string of the molecule is CC[C@@H]1C=C(CO)C(=O)CN1C(=O)OC(C)(C)C. The van der Waals surface area contributed by atoms with Crippen LogP contribution in [0.15, 0.2) is 11.6 Å². The Morgan fingerprint density at radius 1 is 1.56 bits per heavy atom. The summed E-state index contributed by atoms with van der Waals surface area (Å²) in [7, 11) is 0. The highest BCUT2D eigenvalue weighted by atomic mass is 16.6. The van der Waals surface area contributed by atoms with Crippen LogP contribution in [0.5, 0.6) is 0 Å². The summed E-state index contributed by atoms with van der Waals surface area (Å²) in [6.45, 7) is 6.96. The van der Waals surface area contributed by atoms with Gasteiger partial charge in [-0.3, -0.25) is 9.69 Å². The lowest BCUT2D eigenvalue weighted by Crippen LogP contribution is -2.48. The first-order chi connectivity index (χ1) is 8.28. The van der Waals surface area contributed by atoms with Crippen LogP contribution in [0.1, 0.15) is 34.1 Å². The topological polar surface area (TPSA) is 66.8 Å². The van der Waals surface area contributed by atoms with Gasteiger partial charge in [-0.2, -0.15) is 0 Å². The molecular formula is C13H21NO4. The maximum absolute atomic E-state index is 12.0. The van der Waals surface area contributed by atoms with Crippen molar-refractivity contribution in [2.45, 2.75) is 45.8 Å². The number of nitrogens with zero attached hydrogens (tertiary/aromatic N) is 1. The molecule has 0 unspecified atom stereocenters. The normalized spacial score (nSPS) is 20.7. The molecule has 0 bridgehead atoms. The summed E-state index contributed by atoms with van der Waals surface area (Å²) in [4.78, 5) is 25.1. The van der Waals surface area contributed by atoms with E-state index in [1.165, 1.54) is 4.90 Å². The van der Waals surface area contributed by atoms with E-state index in [1.54, 1.807) is 26.8 Å². The fraction of sp³-hybridized carbons (Fsp3) is 0.692. The van der Waals surface area contributed by atoms with Crippen molar-refractivity contribution < 1.29 is 19.4 Å². The van der Waals surface area contributed by atoms with Gasteiger partial charge in [-0.25, -0.2) is 4.79 Å². The highest BCUT2D eigenvalue weighted by molar-refractivity contribution is 5.99. The van der Waals surface area contributed by atoms with E-state index >= 15 is 0 Å². The second kappa shape index (κ2) is 5.52. The van der Waals surface area contributed by atoms with E-state index in [4.69, 9.17) is 9.84 Å². The van der Waals surface area contributed by atoms with Gasteiger partial charge in [0.15, 0.2) is 5.78 Å². The van der Waals surface area contributed by atoms with Crippen LogP contribution in [0.4, 0.5) is 4.79 Å². The molecule has 0 aliphatic carbocycles. The number of aliphatic hydroxyl groups is 1. The monoisotopic (exact) mass is 255 g/mol. The number of hydrogen-bond donors (Lipinski definition) is 1. The molecule has 5 heteroatoms. The van der Waals surface area contributed by atoms with E-state index in [0.717, 1.165) is 0 Å². The summed E-state index contributed by atoms with van der Waals surface area (Å²) in [5, 5.41) is 9.06. The number of ether oxygens (including phenoxy) is 1. The quantitative estimate of drug-likeness (QED) is 0.812. The lowest BCUT2D eigenvalue weighted by molar-refractivity contribution is -0.118. The molecule has 0 saturated heterocycles. The molecule has 5 nitrogen and oxygen atoms in total. The zero-order valence-electron chi connectivity index (χ0n) is 11.4. The van der Waals surface area contributed by atoms with Gasteiger partial charge in [0, 0.05) is 5.57 Å². The Bertz CT molecular complexity index is 368. The minimum atomic E-state index is -0.584. The summed E-state index contributed by atoms with van der Waals surface area (Å²) >= 11 is 0. The molecule has 0 radical (unpaired) electrons. The number of carbonyl (C=O) groups is 2. The predicted octanol–water partition coefficient (Wildman–Crippen LogP) is 1.50. The van der Waals surface area contributed by atoms with E-state index in [0.29, 0.717) is 12.0 Å². The molecule has 0 spiro atoms. The van der Waals surface area contributed by atoms with Gasteiger partial charge >= 0.3 is 6.09 Å². The van der Waals surface area contributed by atoms with Crippen LogP contribution >= 0.6 is 0 Å². The largest absolute Gasteiger partial charge is 0.444 e. The number of rotatable bonds is 2. The summed E-state index contributed by atoms with van der Waals surface area (Å²) in [6.07, 6.45) is 1.84. The van der Waals surface area contributed by atoms with Crippen molar-refractivity contribution in [3.8, 4) is 0 Å². The number of amides is 1. The van der Waals surface area contributed by atoms with Gasteiger partial charge in [-0.1, -0.05) is 13.0 Å². The van der Waals surface area contributed by atoms with Crippen LogP contribution in [0.25, 0.3) is 0 Å². The van der Waals surface area contributed by atoms with E-state index in [1.807, 2.05) is 6.92 Å². The van der Waals surface area contributed by atoms with E-state index in [-0.39, 0.29) is 25.0 Å². The van der Waals surface area contributed by atoms with Crippen molar-refractivity contribution >= 4 is 11.9 Å². The highest BCUT2D eigenvalue weighted by Crippen LogP contribution is 2.19. The van der Waals surface area contributed by atoms with E-state index < -0.39 is 11.7 Å². The Labute approximate surface area is 107 Å². The van der Waals surface area contributed by atoms with Crippen LogP contribution in [0.2, 0.25) is 0 Å². The van der Waals surface area contributed by atoms with E-state index in [2.05, 4.69) is 0 Å². The molecule has 1 amide bonds. The zero-order valence-corrected chi connectivity index (χ0v) is 11.4. The average Bonchev–Trinajstić information content (AvgIpc) is 2.26. The molecule has 0 aromatic carbocycles. The van der Waals surface area contributed by atoms with Crippen LogP contribution in [-0.2, 0) is 9.53 Å². The third kappa shape index (κ3) is 3.57. The van der Waals surface area contributed by atoms with Gasteiger partial charge in [0.25, 0.3) is 0 Å². The Morgan fingerprint density at radius 2 is 2.17 bits per heavy atom. The summed E-state index contributed by atoms with van der Waals surface area (Å²) in [5.41, 5.74) is -0.207. The number of Topliss-reactive ketones (excluding diaryl/α,β-unsaturated/α-hetero) is 1. The van der Waals surface area contributed by atoms with Crippen molar-refractivity contribution in [3.05, 3.63) is 11.6 Å². The Hall–Kier alpha value is -1.36. The molecule has 0 aromatic rings. The molecule has 18 heavy (non-hydrogen) atoms. The lowest BCUT2D eigenvalue weighted by atomic mass is 10.0. The highest BCUT2D eigenvalue weighted by Gasteiger charge is 2.32. The molecular weight excluding hydrogens is 234 g/mol. The zero-order chi connectivity index (χ0) is 13.9. The maximum atomic E-state index is 12.0. The Balaban J connectivity index is 2.86. The van der Waals surface area contributed by atoms with Crippen molar-refractivity contribution in [1.82, 2.24) is 4.90 Å². The maximum Gasteiger partial charge on any atom is 0.411 e. The van der Waals surface area contributed by atoms with Gasteiger partial charge in [0.2, 0.25) is 0 Å². The second-order valence-electron chi connectivity index (χ2n) is 5.36. The third-order valence-electron chi connectivity index (χ3n) is 2.68. The van der Waals surface area contributed by atoms with Crippen LogP contribution in [0.3, 0.4) is 0 Å². The molecule has 1 aliphatic rings. The average molecular weight is 255 g/mol. The summed E-state index contributed by atoms with van der Waals surface area (Å²) in [6, 6.07) is -0.195. The van der Waals surface area contributed by atoms with Gasteiger partial charge in [0.05, 0.1) is 19.2 Å². The first kappa shape index (κ1) is 14.7. The molecule has 0 fully saturated rings. The van der Waals surface area contributed by atoms with Gasteiger partial charge < -0.3 is 9.84 Å². The standard InChI is InChI=1S/C13H21NO4/c1-5-10-6-9(8-15)11(16)7-14(10)12(17)18-13(2,3)4/h6,10,15H,5,7-8H2,1-4H3/t10-/m1/s1. The minimum absolute atomic E-state index is 0.0280. The molecule has 1 heterocycles. The molecule has 0 saturated carbocycles. The summed E-state index contributed by atoms with van der Waals surface area (Å²) < 4.78 is 5.27. The van der Waals surface area contributed by atoms with Crippen molar-refractivity contribution in [2.24, 2.45) is 0 Å². The lowest BCUT2D eigenvalue weighted by Gasteiger charge is -2.34. The van der Waals surface area contributed by atoms with Gasteiger partial charge in [-0.15, -0.1) is 0 Å². The van der Waals surface area contributed by atoms with Crippen LogP contribution in [-0.4, -0.2) is 46.7 Å². The Morgan fingerprint density at radius 3 is 2.61 bits per heavy atom. The van der Waals surface area contributed by atoms with Crippen LogP contribution < -0.4 is 0 Å². The molecule has 1 N–H and O–H groups in total. The van der Waals surface area contributed by atoms with Crippen molar-refractivity contribution in [2.75, 3.05) is 13.2 Å². The molecule has 1 atom stereocenters. The third-order valence-corrected chi connectivity index (χ3v) is 2.68. The van der Waals surface area contributed by atoms with Crippen molar-refractivity contribution in [3.63, 3.8) is 0 Å². The molecule has 1 aliphatic heterocycles. The van der Waals surface area contributed by atoms with Crippen LogP contribution in [0, 0.1) is 0 Å². The smallest absolute Gasteiger partial charge is 0.411 e. The van der Waals surface area contributed by atoms with Crippen molar-refractivity contribution in [1.29, 1.82) is 0 Å². The number of aliphatic hydroxyl groups excluding tert-OH is 1. The fourth-order valence-corrected chi connectivity index (χ4v) is 1.79. The first-order valence-corrected chi connectivity index (χ1v) is 6.13. The number of hydrogen-bond acceptors (Lipinski definition) is 4. The van der Waals surface area contributed by atoms with Gasteiger partial charge in [-0.05, 0) is 27.2 Å². The summed E-state index contributed by atoms with van der Waals surface area (Å²) in [5.74, 6) is -0.229. The van der Waals surface area contributed by atoms with Gasteiger partial charge in [0.1, 0.15) is 5.60 Å². The minimum Gasteiger partial charge on any atom is -0.444 e. The molecule has 1 rings (SSSR count). The molecule has 102 valence electrons. The first-order valence-electron chi connectivity index (χ1n) is 6.13. The number of carbonyl (C=O) groups excluding carboxylic acids is 2. The van der Waals surface area contributed by atoms with E-state index in [9.17, 15) is 9.59 Å². The molecule has 0 aromatic heterocycles. The Kier molecular flexibility index (Phi) is 4.51. The fourth-order valence-electron chi connectivity index (χ4n) is 1.79. The predicted molar refractivity (Wildman–Crippen MR) is 67.2 cm³/mol. The number of ketones is 1. The second-order valence-corrected chi connectivity index (χ2v) is 5.36.